The highest BCUT2D eigenvalue weighted by molar-refractivity contribution is 5.99. The first kappa shape index (κ1) is 22.4. The van der Waals surface area contributed by atoms with E-state index in [1.54, 1.807) is 12.0 Å². The van der Waals surface area contributed by atoms with Crippen LogP contribution < -0.4 is 0 Å². The third kappa shape index (κ3) is 6.07. The topological polar surface area (TPSA) is 64.0 Å². The van der Waals surface area contributed by atoms with E-state index < -0.39 is 5.60 Å². The summed E-state index contributed by atoms with van der Waals surface area (Å²) in [5.41, 5.74) is 2.43. The lowest BCUT2D eigenvalue weighted by molar-refractivity contribution is 0.0149. The standard InChI is InChI=1S/C21H35N3O4/c1-16-14-18(17(2)24(16)8-7-13-27-6)19(25)15-22-9-11-23(12-10-22)20(26)28-21(3,4)5/h14H,7-13,15H2,1-6H3. The van der Waals surface area contributed by atoms with Gasteiger partial charge in [0.1, 0.15) is 5.60 Å². The second-order valence-electron chi connectivity index (χ2n) is 8.45. The molecule has 0 radical (unpaired) electrons. The van der Waals surface area contributed by atoms with E-state index in [-0.39, 0.29) is 11.9 Å². The quantitative estimate of drug-likeness (QED) is 0.526. The first-order valence-corrected chi connectivity index (χ1v) is 10.0. The highest BCUT2D eigenvalue weighted by Crippen LogP contribution is 2.18. The Morgan fingerprint density at radius 2 is 1.75 bits per heavy atom. The molecule has 1 aliphatic heterocycles. The molecule has 28 heavy (non-hydrogen) atoms. The molecule has 2 rings (SSSR count). The van der Waals surface area contributed by atoms with Gasteiger partial charge in [0.25, 0.3) is 0 Å². The molecule has 0 unspecified atom stereocenters. The van der Waals surface area contributed by atoms with E-state index in [4.69, 9.17) is 9.47 Å². The predicted octanol–water partition coefficient (Wildman–Crippen LogP) is 2.88. The summed E-state index contributed by atoms with van der Waals surface area (Å²) < 4.78 is 12.7. The molecule has 7 heteroatoms. The average Bonchev–Trinajstić information content (AvgIpc) is 2.89. The minimum Gasteiger partial charge on any atom is -0.444 e. The highest BCUT2D eigenvalue weighted by Gasteiger charge is 2.27. The zero-order valence-electron chi connectivity index (χ0n) is 18.2. The van der Waals surface area contributed by atoms with Crippen molar-refractivity contribution in [1.82, 2.24) is 14.4 Å². The summed E-state index contributed by atoms with van der Waals surface area (Å²) in [5, 5.41) is 0. The number of nitrogens with zero attached hydrogens (tertiary/aromatic N) is 3. The summed E-state index contributed by atoms with van der Waals surface area (Å²) in [6, 6.07) is 1.99. The van der Waals surface area contributed by atoms with Crippen LogP contribution in [-0.4, -0.2) is 78.3 Å². The highest BCUT2D eigenvalue weighted by atomic mass is 16.6. The number of aromatic nitrogens is 1. The summed E-state index contributed by atoms with van der Waals surface area (Å²) in [6.07, 6.45) is 0.644. The number of rotatable bonds is 7. The molecule has 158 valence electrons. The van der Waals surface area contributed by atoms with Gasteiger partial charge in [-0.3, -0.25) is 9.69 Å². The molecule has 1 amide bonds. The van der Waals surface area contributed by atoms with E-state index in [0.717, 1.165) is 29.9 Å². The van der Waals surface area contributed by atoms with E-state index in [1.807, 2.05) is 40.7 Å². The number of carbonyl (C=O) groups excluding carboxylic acids is 2. The van der Waals surface area contributed by atoms with Gasteiger partial charge in [0.05, 0.1) is 6.54 Å². The van der Waals surface area contributed by atoms with Crippen molar-refractivity contribution in [3.63, 3.8) is 0 Å². The average molecular weight is 394 g/mol. The lowest BCUT2D eigenvalue weighted by Crippen LogP contribution is -2.51. The number of aryl methyl sites for hydroxylation is 1. The zero-order chi connectivity index (χ0) is 20.9. The van der Waals surface area contributed by atoms with Crippen molar-refractivity contribution in [3.8, 4) is 0 Å². The fraction of sp³-hybridized carbons (Fsp3) is 0.714. The van der Waals surface area contributed by atoms with Crippen LogP contribution in [-0.2, 0) is 16.0 Å². The summed E-state index contributed by atoms with van der Waals surface area (Å²) >= 11 is 0. The van der Waals surface area contributed by atoms with Crippen molar-refractivity contribution in [1.29, 1.82) is 0 Å². The normalized spacial score (nSPS) is 15.7. The summed E-state index contributed by atoms with van der Waals surface area (Å²) in [5.74, 6) is 0.136. The molecular formula is C21H35N3O4. The van der Waals surface area contributed by atoms with Crippen LogP contribution in [0.2, 0.25) is 0 Å². The second-order valence-corrected chi connectivity index (χ2v) is 8.45. The van der Waals surface area contributed by atoms with E-state index >= 15 is 0 Å². The molecule has 1 aromatic rings. The molecule has 0 atom stereocenters. The number of Topliss-reactive ketones (excluding diaryl/α,β-unsaturated/α-hetero) is 1. The second kappa shape index (κ2) is 9.56. The Morgan fingerprint density at radius 3 is 2.32 bits per heavy atom. The number of methoxy groups -OCH3 is 1. The Balaban J connectivity index is 1.89. The Bertz CT molecular complexity index is 683. The zero-order valence-corrected chi connectivity index (χ0v) is 18.2. The maximum absolute atomic E-state index is 12.8. The maximum Gasteiger partial charge on any atom is 0.410 e. The van der Waals surface area contributed by atoms with Gasteiger partial charge in [0.2, 0.25) is 0 Å². The molecule has 0 aliphatic carbocycles. The van der Waals surface area contributed by atoms with Gasteiger partial charge in [-0.25, -0.2) is 4.79 Å². The maximum atomic E-state index is 12.8. The van der Waals surface area contributed by atoms with Gasteiger partial charge in [-0.15, -0.1) is 0 Å². The summed E-state index contributed by atoms with van der Waals surface area (Å²) in [6.45, 7) is 14.1. The smallest absolute Gasteiger partial charge is 0.410 e. The van der Waals surface area contributed by atoms with Crippen molar-refractivity contribution in [3.05, 3.63) is 23.0 Å². The van der Waals surface area contributed by atoms with Gasteiger partial charge >= 0.3 is 6.09 Å². The van der Waals surface area contributed by atoms with Crippen LogP contribution in [0, 0.1) is 13.8 Å². The van der Waals surface area contributed by atoms with Crippen molar-refractivity contribution >= 4 is 11.9 Å². The van der Waals surface area contributed by atoms with Gasteiger partial charge in [-0.1, -0.05) is 0 Å². The van der Waals surface area contributed by atoms with E-state index in [2.05, 4.69) is 9.47 Å². The Hall–Kier alpha value is -1.86. The lowest BCUT2D eigenvalue weighted by Gasteiger charge is -2.35. The molecule has 0 bridgehead atoms. The van der Waals surface area contributed by atoms with Gasteiger partial charge in [-0.2, -0.15) is 0 Å². The third-order valence-electron chi connectivity index (χ3n) is 5.00. The molecule has 1 aromatic heterocycles. The number of hydrogen-bond acceptors (Lipinski definition) is 5. The number of piperazine rings is 1. The number of ether oxygens (including phenoxy) is 2. The minimum atomic E-state index is -0.490. The molecule has 0 spiro atoms. The van der Waals surface area contributed by atoms with Crippen LogP contribution in [0.5, 0.6) is 0 Å². The van der Waals surface area contributed by atoms with Crippen LogP contribution in [0.25, 0.3) is 0 Å². The molecular weight excluding hydrogens is 358 g/mol. The predicted molar refractivity (Wildman–Crippen MR) is 109 cm³/mol. The summed E-state index contributed by atoms with van der Waals surface area (Å²) in [7, 11) is 1.70. The Labute approximate surface area is 168 Å². The van der Waals surface area contributed by atoms with Crippen molar-refractivity contribution < 1.29 is 19.1 Å². The molecule has 2 heterocycles. The van der Waals surface area contributed by atoms with Gasteiger partial charge in [0.15, 0.2) is 5.78 Å². The fourth-order valence-corrected chi connectivity index (χ4v) is 3.50. The molecule has 7 nitrogen and oxygen atoms in total. The first-order chi connectivity index (χ1) is 13.1. The molecule has 1 saturated heterocycles. The molecule has 0 saturated carbocycles. The SMILES string of the molecule is COCCCn1c(C)cc(C(=O)CN2CCN(C(=O)OC(C)(C)C)CC2)c1C. The van der Waals surface area contributed by atoms with Gasteiger partial charge in [-0.05, 0) is 47.1 Å². The largest absolute Gasteiger partial charge is 0.444 e. The van der Waals surface area contributed by atoms with E-state index in [9.17, 15) is 9.59 Å². The van der Waals surface area contributed by atoms with Crippen LogP contribution in [0.3, 0.4) is 0 Å². The fourth-order valence-electron chi connectivity index (χ4n) is 3.50. The van der Waals surface area contributed by atoms with Gasteiger partial charge in [0, 0.05) is 63.4 Å². The minimum absolute atomic E-state index is 0.136. The van der Waals surface area contributed by atoms with Crippen LogP contribution >= 0.6 is 0 Å². The van der Waals surface area contributed by atoms with E-state index in [0.29, 0.717) is 39.3 Å². The molecule has 0 aromatic carbocycles. The number of amides is 1. The number of hydrogen-bond donors (Lipinski definition) is 0. The first-order valence-electron chi connectivity index (χ1n) is 10.0. The van der Waals surface area contributed by atoms with E-state index in [1.165, 1.54) is 0 Å². The third-order valence-corrected chi connectivity index (χ3v) is 5.00. The van der Waals surface area contributed by atoms with Gasteiger partial charge < -0.3 is 18.9 Å². The van der Waals surface area contributed by atoms with Crippen LogP contribution in [0.1, 0.15) is 48.9 Å². The van der Waals surface area contributed by atoms with Crippen molar-refractivity contribution in [2.45, 2.75) is 53.2 Å². The Kier molecular flexibility index (Phi) is 7.66. The lowest BCUT2D eigenvalue weighted by atomic mass is 10.1. The van der Waals surface area contributed by atoms with Crippen LogP contribution in [0.4, 0.5) is 4.79 Å². The van der Waals surface area contributed by atoms with Crippen molar-refractivity contribution in [2.75, 3.05) is 46.4 Å². The van der Waals surface area contributed by atoms with Crippen molar-refractivity contribution in [2.24, 2.45) is 0 Å². The van der Waals surface area contributed by atoms with Crippen LogP contribution in [0.15, 0.2) is 6.07 Å². The monoisotopic (exact) mass is 393 g/mol. The number of ketones is 1. The molecule has 0 N–H and O–H groups in total. The molecule has 1 fully saturated rings. The molecule has 1 aliphatic rings. The Morgan fingerprint density at radius 1 is 1.11 bits per heavy atom. The number of carbonyl (C=O) groups is 2. The summed E-state index contributed by atoms with van der Waals surface area (Å²) in [4.78, 5) is 28.8.